The lowest BCUT2D eigenvalue weighted by atomic mass is 10.1. The van der Waals surface area contributed by atoms with Crippen LogP contribution in [0.25, 0.3) is 0 Å². The third-order valence-electron chi connectivity index (χ3n) is 2.95. The predicted molar refractivity (Wildman–Crippen MR) is 73.3 cm³/mol. The largest absolute Gasteiger partial charge is 0.483 e. The molecule has 1 aliphatic carbocycles. The highest BCUT2D eigenvalue weighted by Gasteiger charge is 2.23. The maximum Gasteiger partial charge on any atom is 0.335 e. The van der Waals surface area contributed by atoms with Crippen molar-refractivity contribution >= 4 is 17.9 Å². The number of carboxylic acids is 1. The summed E-state index contributed by atoms with van der Waals surface area (Å²) in [5.74, 6) is -1.19. The molecule has 1 aromatic rings. The number of carbonyl (C=O) groups is 3. The van der Waals surface area contributed by atoms with Gasteiger partial charge in [-0.2, -0.15) is 0 Å². The first kappa shape index (κ1) is 14.8. The lowest BCUT2D eigenvalue weighted by Crippen LogP contribution is -2.42. The molecule has 7 nitrogen and oxygen atoms in total. The molecular weight excluding hydrogens is 276 g/mol. The molecule has 0 heterocycles. The minimum Gasteiger partial charge on any atom is -0.483 e. The van der Waals surface area contributed by atoms with E-state index in [0.717, 1.165) is 12.8 Å². The molecule has 0 radical (unpaired) electrons. The van der Waals surface area contributed by atoms with Gasteiger partial charge in [-0.1, -0.05) is 0 Å². The fourth-order valence-electron chi connectivity index (χ4n) is 1.70. The van der Waals surface area contributed by atoms with Gasteiger partial charge in [0.25, 0.3) is 5.91 Å². The number of carbonyl (C=O) groups excluding carboxylic acids is 2. The smallest absolute Gasteiger partial charge is 0.335 e. The number of rotatable bonds is 5. The summed E-state index contributed by atoms with van der Waals surface area (Å²) in [5.41, 5.74) is 0.748. The van der Waals surface area contributed by atoms with E-state index in [0.29, 0.717) is 11.3 Å². The molecular formula is C14H16N2O5. The van der Waals surface area contributed by atoms with E-state index >= 15 is 0 Å². The van der Waals surface area contributed by atoms with Gasteiger partial charge in [0.05, 0.1) is 5.56 Å². The molecule has 0 atom stereocenters. The van der Waals surface area contributed by atoms with Crippen molar-refractivity contribution in [2.75, 3.05) is 6.61 Å². The molecule has 1 aromatic carbocycles. The molecule has 3 amide bonds. The Labute approximate surface area is 121 Å². The van der Waals surface area contributed by atoms with Crippen molar-refractivity contribution in [2.24, 2.45) is 0 Å². The van der Waals surface area contributed by atoms with Gasteiger partial charge in [-0.3, -0.25) is 10.1 Å². The molecule has 21 heavy (non-hydrogen) atoms. The molecule has 1 saturated carbocycles. The summed E-state index contributed by atoms with van der Waals surface area (Å²) in [5, 5.41) is 13.6. The van der Waals surface area contributed by atoms with E-state index in [1.807, 2.05) is 0 Å². The molecule has 7 heteroatoms. The molecule has 1 aliphatic rings. The summed E-state index contributed by atoms with van der Waals surface area (Å²) < 4.78 is 5.27. The lowest BCUT2D eigenvalue weighted by molar-refractivity contribution is -0.122. The van der Waals surface area contributed by atoms with Gasteiger partial charge in [0.2, 0.25) is 0 Å². The molecule has 0 aromatic heterocycles. The van der Waals surface area contributed by atoms with Crippen LogP contribution >= 0.6 is 0 Å². The highest BCUT2D eigenvalue weighted by atomic mass is 16.5. The maximum absolute atomic E-state index is 11.5. The predicted octanol–water partition coefficient (Wildman–Crippen LogP) is 1.06. The van der Waals surface area contributed by atoms with Crippen LogP contribution in [0.15, 0.2) is 18.2 Å². The number of benzene rings is 1. The molecule has 0 unspecified atom stereocenters. The standard InChI is InChI=1S/C14H16N2O5/c1-8-6-9(13(18)19)2-5-11(8)21-7-12(17)16-14(20)15-10-3-4-10/h2,5-6,10H,3-4,7H2,1H3,(H,18,19)(H2,15,16,17,20). The molecule has 2 rings (SSSR count). The summed E-state index contributed by atoms with van der Waals surface area (Å²) in [6.07, 6.45) is 1.88. The number of ether oxygens (including phenoxy) is 1. The fraction of sp³-hybridized carbons (Fsp3) is 0.357. The van der Waals surface area contributed by atoms with Crippen LogP contribution in [0.1, 0.15) is 28.8 Å². The monoisotopic (exact) mass is 292 g/mol. The minimum atomic E-state index is -1.03. The number of carboxylic acid groups (broad SMARTS) is 1. The molecule has 0 aliphatic heterocycles. The van der Waals surface area contributed by atoms with Gasteiger partial charge in [-0.05, 0) is 43.5 Å². The van der Waals surface area contributed by atoms with Crippen LogP contribution in [0.4, 0.5) is 4.79 Å². The number of hydrogen-bond acceptors (Lipinski definition) is 4. The second-order valence-corrected chi connectivity index (χ2v) is 4.87. The Morgan fingerprint density at radius 3 is 2.62 bits per heavy atom. The molecule has 112 valence electrons. The number of imide groups is 1. The highest BCUT2D eigenvalue weighted by molar-refractivity contribution is 5.95. The summed E-state index contributed by atoms with van der Waals surface area (Å²) in [6.45, 7) is 1.37. The van der Waals surface area contributed by atoms with E-state index in [4.69, 9.17) is 9.84 Å². The van der Waals surface area contributed by atoms with Crippen molar-refractivity contribution in [3.8, 4) is 5.75 Å². The third-order valence-corrected chi connectivity index (χ3v) is 2.95. The van der Waals surface area contributed by atoms with Crippen LogP contribution in [-0.4, -0.2) is 35.7 Å². The van der Waals surface area contributed by atoms with Crippen molar-refractivity contribution in [1.29, 1.82) is 0 Å². The van der Waals surface area contributed by atoms with Crippen LogP contribution in [0, 0.1) is 6.92 Å². The normalized spacial score (nSPS) is 13.4. The van der Waals surface area contributed by atoms with Gasteiger partial charge in [0, 0.05) is 6.04 Å². The second-order valence-electron chi connectivity index (χ2n) is 4.87. The Kier molecular flexibility index (Phi) is 4.42. The summed E-state index contributed by atoms with van der Waals surface area (Å²) in [6, 6.07) is 3.97. The summed E-state index contributed by atoms with van der Waals surface area (Å²) >= 11 is 0. The molecule has 0 saturated heterocycles. The number of nitrogens with one attached hydrogen (secondary N) is 2. The van der Waals surface area contributed by atoms with E-state index in [1.54, 1.807) is 6.92 Å². The van der Waals surface area contributed by atoms with Crippen LogP contribution in [0.5, 0.6) is 5.75 Å². The SMILES string of the molecule is Cc1cc(C(=O)O)ccc1OCC(=O)NC(=O)NC1CC1. The average molecular weight is 292 g/mol. The van der Waals surface area contributed by atoms with Gasteiger partial charge in [-0.25, -0.2) is 9.59 Å². The van der Waals surface area contributed by atoms with Crippen LogP contribution in [0.3, 0.4) is 0 Å². The van der Waals surface area contributed by atoms with Gasteiger partial charge >= 0.3 is 12.0 Å². The Balaban J connectivity index is 1.82. The quantitative estimate of drug-likeness (QED) is 0.752. The average Bonchev–Trinajstić information content (AvgIpc) is 3.20. The van der Waals surface area contributed by atoms with E-state index in [9.17, 15) is 14.4 Å². The number of urea groups is 1. The van der Waals surface area contributed by atoms with Crippen molar-refractivity contribution in [3.63, 3.8) is 0 Å². The number of amides is 3. The van der Waals surface area contributed by atoms with Gasteiger partial charge < -0.3 is 15.2 Å². The van der Waals surface area contributed by atoms with Gasteiger partial charge in [0.1, 0.15) is 5.75 Å². The summed E-state index contributed by atoms with van der Waals surface area (Å²) in [7, 11) is 0. The summed E-state index contributed by atoms with van der Waals surface area (Å²) in [4.78, 5) is 33.7. The van der Waals surface area contributed by atoms with E-state index in [1.165, 1.54) is 18.2 Å². The maximum atomic E-state index is 11.5. The Hall–Kier alpha value is -2.57. The molecule has 0 spiro atoms. The van der Waals surface area contributed by atoms with Gasteiger partial charge in [0.15, 0.2) is 6.61 Å². The molecule has 3 N–H and O–H groups in total. The topological polar surface area (TPSA) is 105 Å². The van der Waals surface area contributed by atoms with Crippen molar-refractivity contribution in [3.05, 3.63) is 29.3 Å². The third kappa shape index (κ3) is 4.48. The van der Waals surface area contributed by atoms with Crippen LogP contribution < -0.4 is 15.4 Å². The van der Waals surface area contributed by atoms with E-state index < -0.39 is 17.9 Å². The first-order valence-corrected chi connectivity index (χ1v) is 6.53. The number of aromatic carboxylic acids is 1. The van der Waals surface area contributed by atoms with Crippen molar-refractivity contribution in [1.82, 2.24) is 10.6 Å². The van der Waals surface area contributed by atoms with E-state index in [-0.39, 0.29) is 18.2 Å². The zero-order valence-corrected chi connectivity index (χ0v) is 11.5. The Morgan fingerprint density at radius 1 is 1.33 bits per heavy atom. The molecule has 1 fully saturated rings. The Morgan fingerprint density at radius 2 is 2.05 bits per heavy atom. The fourth-order valence-corrected chi connectivity index (χ4v) is 1.70. The van der Waals surface area contributed by atoms with Crippen molar-refractivity contribution in [2.45, 2.75) is 25.8 Å². The zero-order valence-electron chi connectivity index (χ0n) is 11.5. The Bertz CT molecular complexity index is 581. The molecule has 0 bridgehead atoms. The van der Waals surface area contributed by atoms with Crippen LogP contribution in [-0.2, 0) is 4.79 Å². The second kappa shape index (κ2) is 6.25. The number of hydrogen-bond donors (Lipinski definition) is 3. The number of aryl methyl sites for hydroxylation is 1. The first-order valence-electron chi connectivity index (χ1n) is 6.53. The van der Waals surface area contributed by atoms with E-state index in [2.05, 4.69) is 10.6 Å². The van der Waals surface area contributed by atoms with Crippen molar-refractivity contribution < 1.29 is 24.2 Å². The zero-order chi connectivity index (χ0) is 15.4. The van der Waals surface area contributed by atoms with Crippen LogP contribution in [0.2, 0.25) is 0 Å². The lowest BCUT2D eigenvalue weighted by Gasteiger charge is -2.10. The minimum absolute atomic E-state index is 0.146. The van der Waals surface area contributed by atoms with Gasteiger partial charge in [-0.15, -0.1) is 0 Å². The highest BCUT2D eigenvalue weighted by Crippen LogP contribution is 2.19. The first-order chi connectivity index (χ1) is 9.95.